The van der Waals surface area contributed by atoms with Crippen LogP contribution in [0.1, 0.15) is 32.4 Å². The number of para-hydroxylation sites is 1. The number of nitrogens with zero attached hydrogens (tertiary/aromatic N) is 1. The predicted octanol–water partition coefficient (Wildman–Crippen LogP) is 4.72. The Morgan fingerprint density at radius 1 is 1.10 bits per heavy atom. The number of nitrogens with one attached hydrogen (secondary N) is 2. The number of anilines is 1. The monoisotopic (exact) mass is 471 g/mol. The molecule has 0 aliphatic carbocycles. The van der Waals surface area contributed by atoms with Crippen LogP contribution in [0, 0.1) is 0 Å². The number of carbonyl (C=O) groups excluding carboxylic acids is 2. The summed E-state index contributed by atoms with van der Waals surface area (Å²) in [5.41, 5.74) is 4.44. The van der Waals surface area contributed by atoms with Gasteiger partial charge in [-0.1, -0.05) is 45.7 Å². The third kappa shape index (κ3) is 3.79. The van der Waals surface area contributed by atoms with Gasteiger partial charge in [-0.3, -0.25) is 15.0 Å². The number of hydrogen-bond acceptors (Lipinski definition) is 4. The summed E-state index contributed by atoms with van der Waals surface area (Å²) in [4.78, 5) is 26.0. The fourth-order valence-electron chi connectivity index (χ4n) is 3.10. The number of halogens is 2. The summed E-state index contributed by atoms with van der Waals surface area (Å²) in [6.45, 7) is 0. The number of hydrogen-bond donors (Lipinski definition) is 3. The Morgan fingerprint density at radius 2 is 1.83 bits per heavy atom. The van der Waals surface area contributed by atoms with Gasteiger partial charge in [-0.25, -0.2) is 5.01 Å². The zero-order valence-corrected chi connectivity index (χ0v) is 17.2. The van der Waals surface area contributed by atoms with Crippen LogP contribution in [-0.4, -0.2) is 21.9 Å². The highest BCUT2D eigenvalue weighted by molar-refractivity contribution is 9.10. The molecule has 1 aliphatic rings. The van der Waals surface area contributed by atoms with Gasteiger partial charge in [0.05, 0.1) is 5.56 Å². The van der Waals surface area contributed by atoms with Crippen molar-refractivity contribution in [2.45, 2.75) is 6.17 Å². The number of phenols is 1. The molecule has 2 amide bonds. The molecule has 146 valence electrons. The Labute approximate surface area is 180 Å². The second kappa shape index (κ2) is 7.77. The molecule has 0 unspecified atom stereocenters. The molecule has 3 N–H and O–H groups in total. The van der Waals surface area contributed by atoms with Crippen LogP contribution in [0.5, 0.6) is 5.75 Å². The minimum absolute atomic E-state index is 0.00380. The number of amides is 2. The van der Waals surface area contributed by atoms with E-state index in [-0.39, 0.29) is 5.75 Å². The number of aromatic hydroxyl groups is 1. The fourth-order valence-corrected chi connectivity index (χ4v) is 3.59. The van der Waals surface area contributed by atoms with E-state index in [2.05, 4.69) is 26.7 Å². The maximum atomic E-state index is 13.2. The van der Waals surface area contributed by atoms with Gasteiger partial charge in [-0.15, -0.1) is 0 Å². The first-order valence-corrected chi connectivity index (χ1v) is 9.85. The SMILES string of the molecule is O=C(NN1C(=O)c2cc(Br)ccc2N[C@H]1c1ccccc1O)c1ccc(Cl)cc1. The summed E-state index contributed by atoms with van der Waals surface area (Å²) in [6, 6.07) is 18.2. The Bertz CT molecular complexity index is 1100. The van der Waals surface area contributed by atoms with Crippen molar-refractivity contribution in [3.05, 3.63) is 92.9 Å². The summed E-state index contributed by atoms with van der Waals surface area (Å²) in [5.74, 6) is -0.879. The minimum atomic E-state index is -0.798. The van der Waals surface area contributed by atoms with Gasteiger partial charge in [0.2, 0.25) is 0 Å². The molecule has 1 heterocycles. The Balaban J connectivity index is 1.74. The van der Waals surface area contributed by atoms with Crippen molar-refractivity contribution >= 4 is 45.0 Å². The first-order chi connectivity index (χ1) is 13.9. The van der Waals surface area contributed by atoms with Gasteiger partial charge in [0, 0.05) is 26.3 Å². The van der Waals surface area contributed by atoms with Crippen molar-refractivity contribution in [1.29, 1.82) is 0 Å². The van der Waals surface area contributed by atoms with E-state index in [0.29, 0.717) is 27.4 Å². The third-order valence-corrected chi connectivity index (χ3v) is 5.29. The second-order valence-electron chi connectivity index (χ2n) is 6.42. The summed E-state index contributed by atoms with van der Waals surface area (Å²) in [7, 11) is 0. The van der Waals surface area contributed by atoms with Gasteiger partial charge in [0.15, 0.2) is 6.17 Å². The summed E-state index contributed by atoms with van der Waals surface area (Å²) >= 11 is 9.25. The van der Waals surface area contributed by atoms with Gasteiger partial charge >= 0.3 is 0 Å². The second-order valence-corrected chi connectivity index (χ2v) is 7.77. The van der Waals surface area contributed by atoms with E-state index in [1.807, 2.05) is 6.07 Å². The van der Waals surface area contributed by atoms with E-state index in [0.717, 1.165) is 4.47 Å². The Morgan fingerprint density at radius 3 is 2.55 bits per heavy atom. The molecule has 29 heavy (non-hydrogen) atoms. The smallest absolute Gasteiger partial charge is 0.276 e. The lowest BCUT2D eigenvalue weighted by Gasteiger charge is -2.38. The topological polar surface area (TPSA) is 81.7 Å². The molecule has 0 radical (unpaired) electrons. The average molecular weight is 473 g/mol. The number of hydrazine groups is 1. The highest BCUT2D eigenvalue weighted by Gasteiger charge is 2.35. The first-order valence-electron chi connectivity index (χ1n) is 8.68. The van der Waals surface area contributed by atoms with Gasteiger partial charge in [0.1, 0.15) is 5.75 Å². The van der Waals surface area contributed by atoms with E-state index in [9.17, 15) is 14.7 Å². The molecule has 0 fully saturated rings. The summed E-state index contributed by atoms with van der Waals surface area (Å²) in [5, 5.41) is 15.2. The minimum Gasteiger partial charge on any atom is -0.508 e. The molecule has 3 aromatic carbocycles. The van der Waals surface area contributed by atoms with Crippen LogP contribution < -0.4 is 10.7 Å². The maximum absolute atomic E-state index is 13.2. The van der Waals surface area contributed by atoms with Crippen molar-refractivity contribution in [1.82, 2.24) is 10.4 Å². The molecule has 0 saturated heterocycles. The number of fused-ring (bicyclic) bond motifs is 1. The van der Waals surface area contributed by atoms with Gasteiger partial charge < -0.3 is 10.4 Å². The highest BCUT2D eigenvalue weighted by Crippen LogP contribution is 2.36. The van der Waals surface area contributed by atoms with Crippen LogP contribution in [0.4, 0.5) is 5.69 Å². The van der Waals surface area contributed by atoms with Crippen LogP contribution in [0.25, 0.3) is 0 Å². The van der Waals surface area contributed by atoms with Crippen LogP contribution in [0.15, 0.2) is 71.2 Å². The first kappa shape index (κ1) is 19.3. The van der Waals surface area contributed by atoms with E-state index in [1.54, 1.807) is 54.6 Å². The number of benzene rings is 3. The number of carbonyl (C=O) groups is 2. The molecular weight excluding hydrogens is 458 g/mol. The summed E-state index contributed by atoms with van der Waals surface area (Å²) in [6.07, 6.45) is -0.798. The molecular formula is C21H15BrClN3O3. The third-order valence-electron chi connectivity index (χ3n) is 4.54. The molecule has 1 aliphatic heterocycles. The van der Waals surface area contributed by atoms with Gasteiger partial charge in [-0.2, -0.15) is 0 Å². The molecule has 0 aromatic heterocycles. The van der Waals surface area contributed by atoms with E-state index in [4.69, 9.17) is 11.6 Å². The molecule has 4 rings (SSSR count). The quantitative estimate of drug-likeness (QED) is 0.515. The average Bonchev–Trinajstić information content (AvgIpc) is 2.71. The van der Waals surface area contributed by atoms with E-state index in [1.165, 1.54) is 11.1 Å². The Hall–Kier alpha value is -3.03. The zero-order valence-electron chi connectivity index (χ0n) is 14.9. The normalized spacial score (nSPS) is 15.4. The van der Waals surface area contributed by atoms with E-state index >= 15 is 0 Å². The molecule has 0 spiro atoms. The van der Waals surface area contributed by atoms with Crippen LogP contribution in [0.3, 0.4) is 0 Å². The molecule has 0 bridgehead atoms. The van der Waals surface area contributed by atoms with Crippen molar-refractivity contribution < 1.29 is 14.7 Å². The van der Waals surface area contributed by atoms with Crippen molar-refractivity contribution in [2.24, 2.45) is 0 Å². The predicted molar refractivity (Wildman–Crippen MR) is 114 cm³/mol. The standard InChI is InChI=1S/C21H15BrClN3O3/c22-13-7-10-17-16(11-13)21(29)26(19(24-17)15-3-1-2-4-18(15)27)25-20(28)12-5-8-14(23)9-6-12/h1-11,19,24,27H,(H,25,28)/t19-/m1/s1. The molecule has 6 nitrogen and oxygen atoms in total. The molecule has 0 saturated carbocycles. The van der Waals surface area contributed by atoms with Crippen molar-refractivity contribution in [3.8, 4) is 5.75 Å². The maximum Gasteiger partial charge on any atom is 0.276 e. The lowest BCUT2D eigenvalue weighted by molar-refractivity contribution is 0.0488. The fraction of sp³-hybridized carbons (Fsp3) is 0.0476. The van der Waals surface area contributed by atoms with Gasteiger partial charge in [-0.05, 0) is 48.5 Å². The van der Waals surface area contributed by atoms with Crippen LogP contribution in [-0.2, 0) is 0 Å². The summed E-state index contributed by atoms with van der Waals surface area (Å²) < 4.78 is 0.733. The van der Waals surface area contributed by atoms with Crippen LogP contribution >= 0.6 is 27.5 Å². The number of phenolic OH excluding ortho intramolecular Hbond substituents is 1. The molecule has 1 atom stereocenters. The Kier molecular flexibility index (Phi) is 5.17. The highest BCUT2D eigenvalue weighted by atomic mass is 79.9. The molecule has 3 aromatic rings. The van der Waals surface area contributed by atoms with E-state index < -0.39 is 18.0 Å². The lowest BCUT2D eigenvalue weighted by Crippen LogP contribution is -2.52. The molecule has 8 heteroatoms. The largest absolute Gasteiger partial charge is 0.508 e. The van der Waals surface area contributed by atoms with Crippen LogP contribution in [0.2, 0.25) is 5.02 Å². The lowest BCUT2D eigenvalue weighted by atomic mass is 10.0. The number of rotatable bonds is 3. The van der Waals surface area contributed by atoms with Gasteiger partial charge in [0.25, 0.3) is 11.8 Å². The zero-order chi connectivity index (χ0) is 20.5. The van der Waals surface area contributed by atoms with Crippen molar-refractivity contribution in [3.63, 3.8) is 0 Å². The van der Waals surface area contributed by atoms with Crippen molar-refractivity contribution in [2.75, 3.05) is 5.32 Å².